The van der Waals surface area contributed by atoms with Crippen LogP contribution in [0.25, 0.3) is 0 Å². The van der Waals surface area contributed by atoms with Gasteiger partial charge in [0.1, 0.15) is 0 Å². The van der Waals surface area contributed by atoms with Gasteiger partial charge in [0.05, 0.1) is 12.0 Å². The second-order valence-corrected chi connectivity index (χ2v) is 5.46. The van der Waals surface area contributed by atoms with Gasteiger partial charge in [-0.05, 0) is 38.5 Å². The molecule has 0 radical (unpaired) electrons. The topological polar surface area (TPSA) is 40.5 Å². The van der Waals surface area contributed by atoms with E-state index in [1.54, 1.807) is 30.9 Å². The molecule has 100 valence electrons. The standard InChI is InChI=1S/C14H20ClNO2/c1-4-16(10-14(2,3)18)13(17)9-11-6-5-7-12(15)8-11/h5-8,18H,4,9-10H2,1-3H3. The normalized spacial score (nSPS) is 11.4. The lowest BCUT2D eigenvalue weighted by Crippen LogP contribution is -2.42. The molecule has 1 amide bonds. The quantitative estimate of drug-likeness (QED) is 0.892. The number of benzene rings is 1. The Labute approximate surface area is 113 Å². The Balaban J connectivity index is 2.68. The van der Waals surface area contributed by atoms with E-state index in [-0.39, 0.29) is 5.91 Å². The first-order chi connectivity index (χ1) is 8.31. The monoisotopic (exact) mass is 269 g/mol. The lowest BCUT2D eigenvalue weighted by Gasteiger charge is -2.28. The van der Waals surface area contributed by atoms with Crippen molar-refractivity contribution < 1.29 is 9.90 Å². The van der Waals surface area contributed by atoms with Crippen molar-refractivity contribution in [2.24, 2.45) is 0 Å². The zero-order valence-electron chi connectivity index (χ0n) is 11.1. The Morgan fingerprint density at radius 3 is 2.61 bits per heavy atom. The summed E-state index contributed by atoms with van der Waals surface area (Å²) in [6.45, 7) is 6.22. The third kappa shape index (κ3) is 5.07. The summed E-state index contributed by atoms with van der Waals surface area (Å²) in [5.41, 5.74) is 0.0155. The molecule has 0 bridgehead atoms. The molecule has 0 saturated carbocycles. The Morgan fingerprint density at radius 1 is 1.44 bits per heavy atom. The number of halogens is 1. The van der Waals surface area contributed by atoms with Crippen molar-refractivity contribution in [2.75, 3.05) is 13.1 Å². The highest BCUT2D eigenvalue weighted by molar-refractivity contribution is 6.30. The summed E-state index contributed by atoms with van der Waals surface area (Å²) in [5, 5.41) is 10.4. The molecule has 0 unspecified atom stereocenters. The molecule has 0 saturated heterocycles. The predicted octanol–water partition coefficient (Wildman–Crippen LogP) is 2.50. The van der Waals surface area contributed by atoms with E-state index in [4.69, 9.17) is 11.6 Å². The molecule has 0 aliphatic heterocycles. The van der Waals surface area contributed by atoms with Gasteiger partial charge < -0.3 is 10.0 Å². The SMILES string of the molecule is CCN(CC(C)(C)O)C(=O)Cc1cccc(Cl)c1. The van der Waals surface area contributed by atoms with Crippen LogP contribution >= 0.6 is 11.6 Å². The van der Waals surface area contributed by atoms with E-state index in [1.165, 1.54) is 0 Å². The fraction of sp³-hybridized carbons (Fsp3) is 0.500. The summed E-state index contributed by atoms with van der Waals surface area (Å²) < 4.78 is 0. The van der Waals surface area contributed by atoms with Crippen LogP contribution in [-0.4, -0.2) is 34.6 Å². The average Bonchev–Trinajstić information content (AvgIpc) is 2.24. The summed E-state index contributed by atoms with van der Waals surface area (Å²) in [6.07, 6.45) is 0.310. The summed E-state index contributed by atoms with van der Waals surface area (Å²) >= 11 is 5.88. The first-order valence-corrected chi connectivity index (χ1v) is 6.44. The van der Waals surface area contributed by atoms with Gasteiger partial charge >= 0.3 is 0 Å². The van der Waals surface area contributed by atoms with Crippen LogP contribution in [0.2, 0.25) is 5.02 Å². The van der Waals surface area contributed by atoms with Crippen molar-refractivity contribution in [1.29, 1.82) is 0 Å². The van der Waals surface area contributed by atoms with Crippen molar-refractivity contribution in [2.45, 2.75) is 32.8 Å². The molecule has 0 aliphatic rings. The van der Waals surface area contributed by atoms with E-state index >= 15 is 0 Å². The second-order valence-electron chi connectivity index (χ2n) is 5.03. The van der Waals surface area contributed by atoms with E-state index in [9.17, 15) is 9.90 Å². The lowest BCUT2D eigenvalue weighted by molar-refractivity contribution is -0.133. The van der Waals surface area contributed by atoms with Gasteiger partial charge in [0.25, 0.3) is 0 Å². The molecule has 0 fully saturated rings. The van der Waals surface area contributed by atoms with E-state index < -0.39 is 5.60 Å². The zero-order valence-corrected chi connectivity index (χ0v) is 11.9. The number of carbonyl (C=O) groups excluding carboxylic acids is 1. The van der Waals surface area contributed by atoms with Gasteiger partial charge in [-0.25, -0.2) is 0 Å². The fourth-order valence-electron chi connectivity index (χ4n) is 1.78. The summed E-state index contributed by atoms with van der Waals surface area (Å²) in [5.74, 6) is 0.00175. The molecule has 0 spiro atoms. The summed E-state index contributed by atoms with van der Waals surface area (Å²) in [6, 6.07) is 7.28. The first kappa shape index (κ1) is 15.0. The van der Waals surface area contributed by atoms with Crippen molar-refractivity contribution >= 4 is 17.5 Å². The molecule has 0 atom stereocenters. The number of aliphatic hydroxyl groups is 1. The summed E-state index contributed by atoms with van der Waals surface area (Å²) in [4.78, 5) is 13.8. The minimum atomic E-state index is -0.875. The smallest absolute Gasteiger partial charge is 0.227 e. The van der Waals surface area contributed by atoms with Gasteiger partial charge in [-0.15, -0.1) is 0 Å². The minimum absolute atomic E-state index is 0.00175. The van der Waals surface area contributed by atoms with Crippen LogP contribution in [0.3, 0.4) is 0 Å². The number of nitrogens with zero attached hydrogens (tertiary/aromatic N) is 1. The van der Waals surface area contributed by atoms with Crippen LogP contribution in [0, 0.1) is 0 Å². The van der Waals surface area contributed by atoms with E-state index in [0.29, 0.717) is 24.5 Å². The molecule has 18 heavy (non-hydrogen) atoms. The maximum atomic E-state index is 12.1. The first-order valence-electron chi connectivity index (χ1n) is 6.06. The summed E-state index contributed by atoms with van der Waals surface area (Å²) in [7, 11) is 0. The molecule has 0 aliphatic carbocycles. The third-order valence-corrected chi connectivity index (χ3v) is 2.79. The highest BCUT2D eigenvalue weighted by Crippen LogP contribution is 2.13. The Morgan fingerprint density at radius 2 is 2.11 bits per heavy atom. The molecular formula is C14H20ClNO2. The highest BCUT2D eigenvalue weighted by atomic mass is 35.5. The van der Waals surface area contributed by atoms with E-state index in [2.05, 4.69) is 0 Å². The Hall–Kier alpha value is -1.06. The molecule has 0 heterocycles. The van der Waals surface area contributed by atoms with Crippen LogP contribution in [0.1, 0.15) is 26.3 Å². The van der Waals surface area contributed by atoms with Gasteiger partial charge in [-0.3, -0.25) is 4.79 Å². The Bertz CT molecular complexity index is 413. The fourth-order valence-corrected chi connectivity index (χ4v) is 1.99. The Kier molecular flexibility index (Phi) is 5.17. The van der Waals surface area contributed by atoms with Crippen molar-refractivity contribution in [3.8, 4) is 0 Å². The average molecular weight is 270 g/mol. The van der Waals surface area contributed by atoms with Gasteiger partial charge in [0, 0.05) is 18.1 Å². The third-order valence-electron chi connectivity index (χ3n) is 2.56. The van der Waals surface area contributed by atoms with Crippen LogP contribution < -0.4 is 0 Å². The molecule has 1 aromatic rings. The zero-order chi connectivity index (χ0) is 13.8. The van der Waals surface area contributed by atoms with Crippen molar-refractivity contribution in [1.82, 2.24) is 4.90 Å². The molecule has 1 N–H and O–H groups in total. The van der Waals surface area contributed by atoms with Gasteiger partial charge in [-0.1, -0.05) is 23.7 Å². The van der Waals surface area contributed by atoms with Crippen LogP contribution in [-0.2, 0) is 11.2 Å². The molecule has 3 nitrogen and oxygen atoms in total. The number of rotatable bonds is 5. The highest BCUT2D eigenvalue weighted by Gasteiger charge is 2.21. The number of likely N-dealkylation sites (N-methyl/N-ethyl adjacent to an activating group) is 1. The molecule has 4 heteroatoms. The second kappa shape index (κ2) is 6.21. The molecular weight excluding hydrogens is 250 g/mol. The van der Waals surface area contributed by atoms with E-state index in [1.807, 2.05) is 19.1 Å². The van der Waals surface area contributed by atoms with Crippen molar-refractivity contribution in [3.63, 3.8) is 0 Å². The number of hydrogen-bond acceptors (Lipinski definition) is 2. The maximum absolute atomic E-state index is 12.1. The van der Waals surface area contributed by atoms with E-state index in [0.717, 1.165) is 5.56 Å². The van der Waals surface area contributed by atoms with Crippen molar-refractivity contribution in [3.05, 3.63) is 34.9 Å². The van der Waals surface area contributed by atoms with Gasteiger partial charge in [-0.2, -0.15) is 0 Å². The predicted molar refractivity (Wildman–Crippen MR) is 73.7 cm³/mol. The number of hydrogen-bond donors (Lipinski definition) is 1. The lowest BCUT2D eigenvalue weighted by atomic mass is 10.1. The molecule has 0 aromatic heterocycles. The van der Waals surface area contributed by atoms with Crippen LogP contribution in [0.15, 0.2) is 24.3 Å². The maximum Gasteiger partial charge on any atom is 0.227 e. The van der Waals surface area contributed by atoms with Gasteiger partial charge in [0.2, 0.25) is 5.91 Å². The largest absolute Gasteiger partial charge is 0.389 e. The number of carbonyl (C=O) groups is 1. The minimum Gasteiger partial charge on any atom is -0.389 e. The molecule has 1 rings (SSSR count). The van der Waals surface area contributed by atoms with Gasteiger partial charge in [0.15, 0.2) is 0 Å². The number of amides is 1. The van der Waals surface area contributed by atoms with Crippen LogP contribution in [0.5, 0.6) is 0 Å². The van der Waals surface area contributed by atoms with Crippen LogP contribution in [0.4, 0.5) is 0 Å². The molecule has 1 aromatic carbocycles.